The lowest BCUT2D eigenvalue weighted by Crippen LogP contribution is -2.42. The Morgan fingerprint density at radius 2 is 2.00 bits per heavy atom. The fourth-order valence-corrected chi connectivity index (χ4v) is 1.46. The normalized spacial score (nSPS) is 15.8. The van der Waals surface area contributed by atoms with Gasteiger partial charge < -0.3 is 14.4 Å². The number of carbonyl (C=O) groups excluding carboxylic acids is 1. The van der Waals surface area contributed by atoms with Crippen molar-refractivity contribution in [2.75, 3.05) is 26.3 Å². The Bertz CT molecular complexity index is 419. The summed E-state index contributed by atoms with van der Waals surface area (Å²) in [7, 11) is 0. The van der Waals surface area contributed by atoms with E-state index in [0.717, 1.165) is 12.1 Å². The minimum atomic E-state index is -0.897. The Hall–Kier alpha value is -1.69. The van der Waals surface area contributed by atoms with E-state index in [1.165, 1.54) is 4.90 Å². The van der Waals surface area contributed by atoms with Crippen molar-refractivity contribution in [3.05, 3.63) is 29.8 Å². The number of rotatable bonds is 1. The van der Waals surface area contributed by atoms with E-state index >= 15 is 0 Å². The highest BCUT2D eigenvalue weighted by molar-refractivity contribution is 5.70. The summed E-state index contributed by atoms with van der Waals surface area (Å²) in [5.74, 6) is -1.89. The first-order chi connectivity index (χ1) is 8.16. The average Bonchev–Trinajstić information content (AvgIpc) is 2.34. The SMILES string of the molecule is O=C(Oc1ccc(F)cc1F)N1CCOCC1. The molecule has 17 heavy (non-hydrogen) atoms. The number of benzene rings is 1. The van der Waals surface area contributed by atoms with Crippen LogP contribution in [0, 0.1) is 11.6 Å². The quantitative estimate of drug-likeness (QED) is 0.754. The van der Waals surface area contributed by atoms with Crippen LogP contribution < -0.4 is 4.74 Å². The molecule has 6 heteroatoms. The maximum absolute atomic E-state index is 13.2. The standard InChI is InChI=1S/C11H11F2NO3/c12-8-1-2-10(9(13)7-8)17-11(15)14-3-5-16-6-4-14/h1-2,7H,3-6H2. The van der Waals surface area contributed by atoms with E-state index in [4.69, 9.17) is 9.47 Å². The van der Waals surface area contributed by atoms with E-state index in [1.807, 2.05) is 0 Å². The predicted molar refractivity (Wildman–Crippen MR) is 54.8 cm³/mol. The van der Waals surface area contributed by atoms with Gasteiger partial charge in [-0.25, -0.2) is 13.6 Å². The zero-order valence-corrected chi connectivity index (χ0v) is 8.99. The van der Waals surface area contributed by atoms with Crippen LogP contribution in [0.25, 0.3) is 0 Å². The fraction of sp³-hybridized carbons (Fsp3) is 0.364. The van der Waals surface area contributed by atoms with Gasteiger partial charge in [0.15, 0.2) is 11.6 Å². The van der Waals surface area contributed by atoms with E-state index in [9.17, 15) is 13.6 Å². The van der Waals surface area contributed by atoms with E-state index in [-0.39, 0.29) is 5.75 Å². The number of morpholine rings is 1. The Morgan fingerprint density at radius 3 is 2.65 bits per heavy atom. The van der Waals surface area contributed by atoms with Crippen molar-refractivity contribution >= 4 is 6.09 Å². The number of halogens is 2. The first-order valence-corrected chi connectivity index (χ1v) is 5.16. The van der Waals surface area contributed by atoms with Crippen LogP contribution in [0.4, 0.5) is 13.6 Å². The first-order valence-electron chi connectivity index (χ1n) is 5.16. The zero-order chi connectivity index (χ0) is 12.3. The molecule has 0 aromatic heterocycles. The molecule has 1 heterocycles. The summed E-state index contributed by atoms with van der Waals surface area (Å²) >= 11 is 0. The summed E-state index contributed by atoms with van der Waals surface area (Å²) in [5.41, 5.74) is 0. The smallest absolute Gasteiger partial charge is 0.407 e. The highest BCUT2D eigenvalue weighted by Gasteiger charge is 2.20. The number of nitrogens with zero attached hydrogens (tertiary/aromatic N) is 1. The summed E-state index contributed by atoms with van der Waals surface area (Å²) in [6.45, 7) is 1.67. The summed E-state index contributed by atoms with van der Waals surface area (Å²) in [4.78, 5) is 13.0. The van der Waals surface area contributed by atoms with Crippen molar-refractivity contribution in [3.8, 4) is 5.75 Å². The highest BCUT2D eigenvalue weighted by Crippen LogP contribution is 2.18. The van der Waals surface area contributed by atoms with Gasteiger partial charge in [-0.15, -0.1) is 0 Å². The van der Waals surface area contributed by atoms with Crippen molar-refractivity contribution < 1.29 is 23.0 Å². The average molecular weight is 243 g/mol. The molecule has 1 aliphatic rings. The topological polar surface area (TPSA) is 38.8 Å². The number of carbonyl (C=O) groups is 1. The van der Waals surface area contributed by atoms with Gasteiger partial charge in [0.1, 0.15) is 5.82 Å². The van der Waals surface area contributed by atoms with E-state index < -0.39 is 17.7 Å². The number of hydrogen-bond donors (Lipinski definition) is 0. The van der Waals surface area contributed by atoms with Crippen LogP contribution in [-0.4, -0.2) is 37.3 Å². The molecule has 0 spiro atoms. The van der Waals surface area contributed by atoms with Gasteiger partial charge in [0.2, 0.25) is 0 Å². The summed E-state index contributed by atoms with van der Waals surface area (Å²) < 4.78 is 35.7. The first kappa shape index (κ1) is 11.8. The summed E-state index contributed by atoms with van der Waals surface area (Å²) in [6, 6.07) is 2.79. The van der Waals surface area contributed by atoms with Crippen LogP contribution in [0.3, 0.4) is 0 Å². The van der Waals surface area contributed by atoms with Crippen LogP contribution in [0.15, 0.2) is 18.2 Å². The molecule has 1 saturated heterocycles. The van der Waals surface area contributed by atoms with Crippen LogP contribution in [0.2, 0.25) is 0 Å². The zero-order valence-electron chi connectivity index (χ0n) is 8.99. The maximum atomic E-state index is 13.2. The third kappa shape index (κ3) is 2.91. The lowest BCUT2D eigenvalue weighted by molar-refractivity contribution is 0.0412. The van der Waals surface area contributed by atoms with E-state index in [2.05, 4.69) is 0 Å². The third-order valence-electron chi connectivity index (χ3n) is 2.36. The number of amides is 1. The highest BCUT2D eigenvalue weighted by atomic mass is 19.1. The molecule has 92 valence electrons. The maximum Gasteiger partial charge on any atom is 0.415 e. The van der Waals surface area contributed by atoms with E-state index in [0.29, 0.717) is 32.4 Å². The van der Waals surface area contributed by atoms with E-state index in [1.54, 1.807) is 0 Å². The Balaban J connectivity index is 2.02. The van der Waals surface area contributed by atoms with Gasteiger partial charge in [0.25, 0.3) is 0 Å². The minimum Gasteiger partial charge on any atom is -0.407 e. The second-order valence-electron chi connectivity index (χ2n) is 3.54. The molecular weight excluding hydrogens is 232 g/mol. The minimum absolute atomic E-state index is 0.275. The van der Waals surface area contributed by atoms with Gasteiger partial charge in [-0.1, -0.05) is 0 Å². The largest absolute Gasteiger partial charge is 0.415 e. The third-order valence-corrected chi connectivity index (χ3v) is 2.36. The molecular formula is C11H11F2NO3. The molecule has 0 atom stereocenters. The summed E-state index contributed by atoms with van der Waals surface area (Å²) in [6.07, 6.45) is -0.654. The van der Waals surface area contributed by atoms with Crippen molar-refractivity contribution in [1.29, 1.82) is 0 Å². The van der Waals surface area contributed by atoms with Crippen molar-refractivity contribution in [2.45, 2.75) is 0 Å². The molecule has 1 aromatic carbocycles. The molecule has 0 radical (unpaired) electrons. The molecule has 0 unspecified atom stereocenters. The molecule has 0 bridgehead atoms. The van der Waals surface area contributed by atoms with Gasteiger partial charge in [0, 0.05) is 19.2 Å². The Labute approximate surface area is 96.7 Å². The van der Waals surface area contributed by atoms with Crippen LogP contribution in [0.5, 0.6) is 5.75 Å². The molecule has 4 nitrogen and oxygen atoms in total. The molecule has 0 N–H and O–H groups in total. The van der Waals surface area contributed by atoms with Crippen molar-refractivity contribution in [3.63, 3.8) is 0 Å². The summed E-state index contributed by atoms with van der Waals surface area (Å²) in [5, 5.41) is 0. The van der Waals surface area contributed by atoms with Crippen LogP contribution in [-0.2, 0) is 4.74 Å². The monoisotopic (exact) mass is 243 g/mol. The molecule has 1 fully saturated rings. The number of ether oxygens (including phenoxy) is 2. The molecule has 2 rings (SSSR count). The second-order valence-corrected chi connectivity index (χ2v) is 3.54. The van der Waals surface area contributed by atoms with Gasteiger partial charge in [0.05, 0.1) is 13.2 Å². The molecule has 1 aromatic rings. The molecule has 1 amide bonds. The lowest BCUT2D eigenvalue weighted by atomic mass is 10.3. The van der Waals surface area contributed by atoms with Crippen molar-refractivity contribution in [2.24, 2.45) is 0 Å². The van der Waals surface area contributed by atoms with Gasteiger partial charge in [-0.05, 0) is 12.1 Å². The lowest BCUT2D eigenvalue weighted by Gasteiger charge is -2.25. The Morgan fingerprint density at radius 1 is 1.29 bits per heavy atom. The molecule has 0 aliphatic carbocycles. The molecule has 0 saturated carbocycles. The fourth-order valence-electron chi connectivity index (χ4n) is 1.46. The van der Waals surface area contributed by atoms with Crippen LogP contribution >= 0.6 is 0 Å². The van der Waals surface area contributed by atoms with Crippen molar-refractivity contribution in [1.82, 2.24) is 4.90 Å². The Kier molecular flexibility index (Phi) is 3.53. The second kappa shape index (κ2) is 5.09. The molecule has 1 aliphatic heterocycles. The van der Waals surface area contributed by atoms with Gasteiger partial charge in [-0.3, -0.25) is 0 Å². The number of hydrogen-bond acceptors (Lipinski definition) is 3. The van der Waals surface area contributed by atoms with Gasteiger partial charge >= 0.3 is 6.09 Å². The predicted octanol–water partition coefficient (Wildman–Crippen LogP) is 1.80. The van der Waals surface area contributed by atoms with Gasteiger partial charge in [-0.2, -0.15) is 0 Å². The van der Waals surface area contributed by atoms with Crippen LogP contribution in [0.1, 0.15) is 0 Å².